The minimum absolute atomic E-state index is 0.0570. The first-order chi connectivity index (χ1) is 9.61. The smallest absolute Gasteiger partial charge is 0.167 e. The van der Waals surface area contributed by atoms with E-state index in [-0.39, 0.29) is 22.2 Å². The molecule has 2 aliphatic rings. The summed E-state index contributed by atoms with van der Waals surface area (Å²) < 4.78 is 12.0. The van der Waals surface area contributed by atoms with Gasteiger partial charge in [0, 0.05) is 32.8 Å². The number of nitriles is 1. The van der Waals surface area contributed by atoms with Crippen LogP contribution >= 0.6 is 0 Å². The summed E-state index contributed by atoms with van der Waals surface area (Å²) in [4.78, 5) is 12.8. The molecule has 2 atom stereocenters. The second-order valence-electron chi connectivity index (χ2n) is 5.79. The van der Waals surface area contributed by atoms with Crippen LogP contribution in [0.5, 0.6) is 0 Å². The zero-order chi connectivity index (χ0) is 14.3. The summed E-state index contributed by atoms with van der Waals surface area (Å²) in [6.07, 6.45) is 3.42. The van der Waals surface area contributed by atoms with Gasteiger partial charge in [-0.05, 0) is 44.2 Å². The lowest BCUT2D eigenvalue weighted by molar-refractivity contribution is 0.0905. The molecule has 104 valence electrons. The van der Waals surface area contributed by atoms with E-state index >= 15 is 0 Å². The van der Waals surface area contributed by atoms with Crippen molar-refractivity contribution in [2.45, 2.75) is 43.1 Å². The fourth-order valence-corrected chi connectivity index (χ4v) is 5.66. The molecule has 1 aromatic rings. The van der Waals surface area contributed by atoms with Gasteiger partial charge in [0.2, 0.25) is 0 Å². The Hall–Kier alpha value is -1.47. The summed E-state index contributed by atoms with van der Waals surface area (Å²) in [7, 11) is -0.742. The molecule has 0 spiro atoms. The molecule has 0 saturated carbocycles. The number of Topliss-reactive ketones (excluding diaryl/α,β-unsaturated/α-hetero) is 1. The van der Waals surface area contributed by atoms with Crippen molar-refractivity contribution in [2.24, 2.45) is 5.92 Å². The Morgan fingerprint density at radius 2 is 1.95 bits per heavy atom. The van der Waals surface area contributed by atoms with Crippen molar-refractivity contribution in [2.75, 3.05) is 0 Å². The number of hydrogen-bond donors (Lipinski definition) is 0. The normalized spacial score (nSPS) is 31.8. The van der Waals surface area contributed by atoms with Gasteiger partial charge in [-0.1, -0.05) is 12.1 Å². The molecule has 0 amide bonds. The van der Waals surface area contributed by atoms with Crippen LogP contribution in [0.15, 0.2) is 18.2 Å². The summed E-state index contributed by atoms with van der Waals surface area (Å²) >= 11 is 0. The average Bonchev–Trinajstić information content (AvgIpc) is 2.67. The summed E-state index contributed by atoms with van der Waals surface area (Å²) in [5, 5.41) is 9.58. The first kappa shape index (κ1) is 13.5. The Morgan fingerprint density at radius 1 is 1.30 bits per heavy atom. The van der Waals surface area contributed by atoms with Gasteiger partial charge in [0.15, 0.2) is 5.78 Å². The van der Waals surface area contributed by atoms with Gasteiger partial charge >= 0.3 is 0 Å². The van der Waals surface area contributed by atoms with Gasteiger partial charge in [-0.25, -0.2) is 0 Å². The van der Waals surface area contributed by atoms with Crippen LogP contribution in [0.1, 0.15) is 47.2 Å². The van der Waals surface area contributed by atoms with Crippen LogP contribution < -0.4 is 0 Å². The molecule has 1 aromatic carbocycles. The highest BCUT2D eigenvalue weighted by molar-refractivity contribution is 7.86. The lowest BCUT2D eigenvalue weighted by atomic mass is 9.86. The van der Waals surface area contributed by atoms with Crippen molar-refractivity contribution >= 4 is 16.6 Å². The van der Waals surface area contributed by atoms with Crippen LogP contribution in [0, 0.1) is 24.2 Å². The number of ketones is 1. The van der Waals surface area contributed by atoms with E-state index in [0.29, 0.717) is 11.1 Å². The van der Waals surface area contributed by atoms with Gasteiger partial charge in [-0.15, -0.1) is 0 Å². The topological polar surface area (TPSA) is 57.9 Å². The summed E-state index contributed by atoms with van der Waals surface area (Å²) in [5.41, 5.74) is 1.91. The quantitative estimate of drug-likeness (QED) is 0.786. The van der Waals surface area contributed by atoms with Crippen molar-refractivity contribution in [3.8, 4) is 6.07 Å². The van der Waals surface area contributed by atoms with E-state index in [9.17, 15) is 14.3 Å². The molecule has 3 rings (SSSR count). The molecule has 0 radical (unpaired) electrons. The molecule has 2 bridgehead atoms. The first-order valence-corrected chi connectivity index (χ1v) is 8.32. The van der Waals surface area contributed by atoms with E-state index in [4.69, 9.17) is 0 Å². The third-order valence-electron chi connectivity index (χ3n) is 4.57. The van der Waals surface area contributed by atoms with Crippen LogP contribution in [-0.4, -0.2) is 20.5 Å². The highest BCUT2D eigenvalue weighted by atomic mass is 32.2. The molecule has 2 heterocycles. The minimum Gasteiger partial charge on any atom is -0.294 e. The Bertz CT molecular complexity index is 616. The third kappa shape index (κ3) is 2.10. The van der Waals surface area contributed by atoms with Crippen LogP contribution in [0.25, 0.3) is 0 Å². The van der Waals surface area contributed by atoms with Crippen LogP contribution in [0.3, 0.4) is 0 Å². The summed E-state index contributed by atoms with van der Waals surface area (Å²) in [6.45, 7) is 1.88. The monoisotopic (exact) mass is 287 g/mol. The van der Waals surface area contributed by atoms with Crippen LogP contribution in [-0.2, 0) is 10.8 Å². The van der Waals surface area contributed by atoms with Gasteiger partial charge in [0.25, 0.3) is 0 Å². The summed E-state index contributed by atoms with van der Waals surface area (Å²) in [6, 6.07) is 7.52. The van der Waals surface area contributed by atoms with Gasteiger partial charge < -0.3 is 0 Å². The number of nitrogens with zero attached hydrogens (tertiary/aromatic N) is 1. The number of hydrogen-bond acceptors (Lipinski definition) is 3. The van der Waals surface area contributed by atoms with Crippen LogP contribution in [0.4, 0.5) is 0 Å². The highest BCUT2D eigenvalue weighted by Gasteiger charge is 2.43. The molecule has 0 aromatic heterocycles. The largest absolute Gasteiger partial charge is 0.294 e. The molecule has 2 saturated heterocycles. The second-order valence-corrected chi connectivity index (χ2v) is 7.78. The number of benzene rings is 1. The van der Waals surface area contributed by atoms with Crippen molar-refractivity contribution in [1.82, 2.24) is 0 Å². The van der Waals surface area contributed by atoms with E-state index in [1.165, 1.54) is 0 Å². The van der Waals surface area contributed by atoms with Crippen molar-refractivity contribution in [1.29, 1.82) is 5.26 Å². The van der Waals surface area contributed by atoms with E-state index in [1.807, 2.05) is 19.1 Å². The number of aryl methyl sites for hydroxylation is 1. The first-order valence-electron chi connectivity index (χ1n) is 7.05. The van der Waals surface area contributed by atoms with Crippen molar-refractivity contribution < 1.29 is 9.00 Å². The number of carbonyl (C=O) groups excluding carboxylic acids is 1. The maximum Gasteiger partial charge on any atom is 0.167 e. The van der Waals surface area contributed by atoms with Crippen LogP contribution in [0.2, 0.25) is 0 Å². The third-order valence-corrected chi connectivity index (χ3v) is 6.74. The average molecular weight is 287 g/mol. The van der Waals surface area contributed by atoms with Gasteiger partial charge in [0.05, 0.1) is 11.6 Å². The van der Waals surface area contributed by atoms with E-state index in [1.54, 1.807) is 6.07 Å². The van der Waals surface area contributed by atoms with Gasteiger partial charge in [0.1, 0.15) is 0 Å². The predicted molar refractivity (Wildman–Crippen MR) is 77.9 cm³/mol. The van der Waals surface area contributed by atoms with E-state index in [2.05, 4.69) is 6.07 Å². The number of fused-ring (bicyclic) bond motifs is 2. The van der Waals surface area contributed by atoms with Crippen molar-refractivity contribution in [3.63, 3.8) is 0 Å². The molecule has 2 fully saturated rings. The molecule has 2 aliphatic heterocycles. The van der Waals surface area contributed by atoms with E-state index < -0.39 is 10.8 Å². The standard InChI is InChI=1S/C16H17NO2S/c1-10-3-2-4-11(9-17)15(10)16(18)12-7-13-5-6-14(8-12)20(13)19/h2-4,12-14H,5-8H2,1H3. The Labute approximate surface area is 121 Å². The molecule has 20 heavy (non-hydrogen) atoms. The molecular formula is C16H17NO2S. The maximum atomic E-state index is 12.8. The Morgan fingerprint density at radius 3 is 2.55 bits per heavy atom. The highest BCUT2D eigenvalue weighted by Crippen LogP contribution is 2.40. The molecule has 3 nitrogen and oxygen atoms in total. The van der Waals surface area contributed by atoms with Gasteiger partial charge in [-0.3, -0.25) is 9.00 Å². The van der Waals surface area contributed by atoms with Gasteiger partial charge in [-0.2, -0.15) is 5.26 Å². The molecule has 2 unspecified atom stereocenters. The number of rotatable bonds is 2. The minimum atomic E-state index is -0.742. The molecule has 0 N–H and O–H groups in total. The molecular weight excluding hydrogens is 270 g/mol. The molecule has 0 aliphatic carbocycles. The second kappa shape index (κ2) is 5.14. The lowest BCUT2D eigenvalue weighted by Crippen LogP contribution is -2.32. The van der Waals surface area contributed by atoms with E-state index in [0.717, 1.165) is 31.2 Å². The Kier molecular flexibility index (Phi) is 3.47. The zero-order valence-corrected chi connectivity index (χ0v) is 12.3. The predicted octanol–water partition coefficient (Wildman–Crippen LogP) is 2.74. The Balaban J connectivity index is 1.91. The SMILES string of the molecule is Cc1cccc(C#N)c1C(=O)C1CC2CCC(C1)S2=O. The maximum absolute atomic E-state index is 12.8. The fourth-order valence-electron chi connectivity index (χ4n) is 3.54. The van der Waals surface area contributed by atoms with Crippen molar-refractivity contribution in [3.05, 3.63) is 34.9 Å². The summed E-state index contributed by atoms with van der Waals surface area (Å²) in [5.74, 6) is 0.0200. The fraction of sp³-hybridized carbons (Fsp3) is 0.500. The molecule has 4 heteroatoms. The number of carbonyl (C=O) groups is 1. The lowest BCUT2D eigenvalue weighted by Gasteiger charge is -2.26. The zero-order valence-electron chi connectivity index (χ0n) is 11.5.